The SMILES string of the molecule is CCOC(=O)c1sc2c(ccc(=O)n2-c2ccccc2)c1-c1c(C)cccc1C. The Labute approximate surface area is 173 Å². The molecule has 2 heterocycles. The van der Waals surface area contributed by atoms with Gasteiger partial charge < -0.3 is 4.74 Å². The Kier molecular flexibility index (Phi) is 5.07. The van der Waals surface area contributed by atoms with Crippen molar-refractivity contribution in [2.24, 2.45) is 0 Å². The van der Waals surface area contributed by atoms with Crippen LogP contribution >= 0.6 is 11.3 Å². The van der Waals surface area contributed by atoms with Crippen molar-refractivity contribution in [2.75, 3.05) is 6.61 Å². The number of ether oxygens (including phenoxy) is 1. The molecule has 4 nitrogen and oxygen atoms in total. The highest BCUT2D eigenvalue weighted by molar-refractivity contribution is 7.21. The van der Waals surface area contributed by atoms with Crippen molar-refractivity contribution < 1.29 is 9.53 Å². The number of fused-ring (bicyclic) bond motifs is 1. The number of para-hydroxylation sites is 1. The smallest absolute Gasteiger partial charge is 0.349 e. The number of rotatable bonds is 4. The van der Waals surface area contributed by atoms with E-state index in [1.165, 1.54) is 11.3 Å². The third kappa shape index (κ3) is 3.28. The minimum absolute atomic E-state index is 0.131. The standard InChI is InChI=1S/C24H21NO3S/c1-4-28-24(27)22-21(20-15(2)9-8-10-16(20)3)18-13-14-19(26)25(23(18)29-22)17-11-6-5-7-12-17/h5-14H,4H2,1-3H3. The second kappa shape index (κ2) is 7.68. The second-order valence-corrected chi connectivity index (χ2v) is 7.85. The average molecular weight is 404 g/mol. The third-order valence-corrected chi connectivity index (χ3v) is 6.12. The Morgan fingerprint density at radius 3 is 2.28 bits per heavy atom. The number of aryl methyl sites for hydroxylation is 2. The van der Waals surface area contributed by atoms with Gasteiger partial charge in [0.25, 0.3) is 5.56 Å². The molecule has 0 amide bonds. The largest absolute Gasteiger partial charge is 0.462 e. The first kappa shape index (κ1) is 19.2. The van der Waals surface area contributed by atoms with Gasteiger partial charge in [0.15, 0.2) is 0 Å². The van der Waals surface area contributed by atoms with Gasteiger partial charge in [-0.2, -0.15) is 0 Å². The van der Waals surface area contributed by atoms with Crippen LogP contribution in [0, 0.1) is 13.8 Å². The summed E-state index contributed by atoms with van der Waals surface area (Å²) in [6.07, 6.45) is 0. The van der Waals surface area contributed by atoms with Crippen LogP contribution in [-0.2, 0) is 4.74 Å². The monoisotopic (exact) mass is 403 g/mol. The first-order chi connectivity index (χ1) is 14.0. The molecule has 2 aromatic heterocycles. The molecule has 2 aromatic carbocycles. The molecule has 5 heteroatoms. The zero-order valence-electron chi connectivity index (χ0n) is 16.6. The van der Waals surface area contributed by atoms with E-state index in [1.807, 2.05) is 68.4 Å². The van der Waals surface area contributed by atoms with Crippen molar-refractivity contribution in [3.05, 3.63) is 87.0 Å². The quantitative estimate of drug-likeness (QED) is 0.422. The zero-order chi connectivity index (χ0) is 20.5. The Morgan fingerprint density at radius 1 is 0.931 bits per heavy atom. The molecule has 0 saturated carbocycles. The fourth-order valence-electron chi connectivity index (χ4n) is 3.70. The van der Waals surface area contributed by atoms with Crippen molar-refractivity contribution in [1.29, 1.82) is 0 Å². The van der Waals surface area contributed by atoms with E-state index in [9.17, 15) is 9.59 Å². The minimum atomic E-state index is -0.363. The molecule has 0 spiro atoms. The first-order valence-electron chi connectivity index (χ1n) is 9.50. The van der Waals surface area contributed by atoms with Crippen LogP contribution in [0.2, 0.25) is 0 Å². The van der Waals surface area contributed by atoms with Crippen molar-refractivity contribution in [3.8, 4) is 16.8 Å². The molecule has 4 rings (SSSR count). The molecule has 146 valence electrons. The maximum Gasteiger partial charge on any atom is 0.349 e. The molecule has 0 saturated heterocycles. The summed E-state index contributed by atoms with van der Waals surface area (Å²) in [7, 11) is 0. The number of pyridine rings is 1. The average Bonchev–Trinajstić information content (AvgIpc) is 3.08. The molecule has 0 N–H and O–H groups in total. The fourth-order valence-corrected chi connectivity index (χ4v) is 4.92. The van der Waals surface area contributed by atoms with Gasteiger partial charge in [-0.15, -0.1) is 11.3 Å². The van der Waals surface area contributed by atoms with E-state index in [-0.39, 0.29) is 11.5 Å². The maximum atomic E-state index is 12.9. The van der Waals surface area contributed by atoms with Gasteiger partial charge in [0.1, 0.15) is 9.71 Å². The summed E-state index contributed by atoms with van der Waals surface area (Å²) in [4.78, 5) is 26.9. The molecular weight excluding hydrogens is 382 g/mol. The van der Waals surface area contributed by atoms with Gasteiger partial charge >= 0.3 is 5.97 Å². The van der Waals surface area contributed by atoms with E-state index in [1.54, 1.807) is 17.6 Å². The Balaban J connectivity index is 2.13. The Hall–Kier alpha value is -3.18. The number of nitrogens with zero attached hydrogens (tertiary/aromatic N) is 1. The van der Waals surface area contributed by atoms with Gasteiger partial charge in [-0.25, -0.2) is 4.79 Å². The number of thiophene rings is 1. The second-order valence-electron chi connectivity index (χ2n) is 6.85. The van der Waals surface area contributed by atoms with Gasteiger partial charge in [0.2, 0.25) is 0 Å². The van der Waals surface area contributed by atoms with Gasteiger partial charge in [-0.3, -0.25) is 9.36 Å². The van der Waals surface area contributed by atoms with Gasteiger partial charge in [-0.05, 0) is 55.7 Å². The van der Waals surface area contributed by atoms with Crippen LogP contribution in [0.25, 0.3) is 27.0 Å². The molecule has 0 aliphatic heterocycles. The lowest BCUT2D eigenvalue weighted by atomic mass is 9.94. The van der Waals surface area contributed by atoms with Crippen LogP contribution in [0.15, 0.2) is 65.5 Å². The van der Waals surface area contributed by atoms with Crippen molar-refractivity contribution in [3.63, 3.8) is 0 Å². The lowest BCUT2D eigenvalue weighted by Crippen LogP contribution is -2.16. The summed E-state index contributed by atoms with van der Waals surface area (Å²) >= 11 is 1.31. The van der Waals surface area contributed by atoms with Crippen LogP contribution in [0.3, 0.4) is 0 Å². The Morgan fingerprint density at radius 2 is 1.62 bits per heavy atom. The van der Waals surface area contributed by atoms with Crippen LogP contribution in [0.1, 0.15) is 27.7 Å². The van der Waals surface area contributed by atoms with E-state index in [0.717, 1.165) is 38.2 Å². The molecule has 29 heavy (non-hydrogen) atoms. The zero-order valence-corrected chi connectivity index (χ0v) is 17.4. The van der Waals surface area contributed by atoms with E-state index in [2.05, 4.69) is 0 Å². The minimum Gasteiger partial charge on any atom is -0.462 e. The van der Waals surface area contributed by atoms with Gasteiger partial charge in [0, 0.05) is 17.0 Å². The number of aromatic nitrogens is 1. The summed E-state index contributed by atoms with van der Waals surface area (Å²) < 4.78 is 7.03. The molecule has 0 bridgehead atoms. The highest BCUT2D eigenvalue weighted by Crippen LogP contribution is 2.42. The van der Waals surface area contributed by atoms with E-state index in [4.69, 9.17) is 4.74 Å². The number of carbonyl (C=O) groups excluding carboxylic acids is 1. The van der Waals surface area contributed by atoms with Crippen molar-refractivity contribution in [2.45, 2.75) is 20.8 Å². The lowest BCUT2D eigenvalue weighted by molar-refractivity contribution is 0.0533. The highest BCUT2D eigenvalue weighted by Gasteiger charge is 2.25. The number of esters is 1. The van der Waals surface area contributed by atoms with Crippen LogP contribution < -0.4 is 5.56 Å². The van der Waals surface area contributed by atoms with E-state index >= 15 is 0 Å². The summed E-state index contributed by atoms with van der Waals surface area (Å²) in [5.74, 6) is -0.363. The molecule has 0 atom stereocenters. The van der Waals surface area contributed by atoms with Crippen molar-refractivity contribution >= 4 is 27.5 Å². The van der Waals surface area contributed by atoms with Crippen LogP contribution in [0.5, 0.6) is 0 Å². The predicted molar refractivity (Wildman–Crippen MR) is 118 cm³/mol. The molecule has 0 aliphatic rings. The topological polar surface area (TPSA) is 48.3 Å². The van der Waals surface area contributed by atoms with Crippen molar-refractivity contribution in [1.82, 2.24) is 4.57 Å². The molecular formula is C24H21NO3S. The summed E-state index contributed by atoms with van der Waals surface area (Å²) in [5.41, 5.74) is 4.64. The van der Waals surface area contributed by atoms with Crippen LogP contribution in [-0.4, -0.2) is 17.1 Å². The summed E-state index contributed by atoms with van der Waals surface area (Å²) in [6.45, 7) is 6.16. The van der Waals surface area contributed by atoms with Crippen LogP contribution in [0.4, 0.5) is 0 Å². The number of hydrogen-bond acceptors (Lipinski definition) is 4. The Bertz CT molecular complexity index is 1250. The fraction of sp³-hybridized carbons (Fsp3) is 0.167. The van der Waals surface area contributed by atoms with Gasteiger partial charge in [-0.1, -0.05) is 36.4 Å². The number of benzene rings is 2. The molecule has 4 aromatic rings. The lowest BCUT2D eigenvalue weighted by Gasteiger charge is -2.12. The number of hydrogen-bond donors (Lipinski definition) is 0. The molecule has 0 unspecified atom stereocenters. The molecule has 0 fully saturated rings. The number of carbonyl (C=O) groups is 1. The maximum absolute atomic E-state index is 12.9. The highest BCUT2D eigenvalue weighted by atomic mass is 32.1. The third-order valence-electron chi connectivity index (χ3n) is 4.95. The van der Waals surface area contributed by atoms with E-state index < -0.39 is 0 Å². The van der Waals surface area contributed by atoms with E-state index in [0.29, 0.717) is 11.5 Å². The predicted octanol–water partition coefficient (Wildman–Crippen LogP) is 5.51. The summed E-state index contributed by atoms with van der Waals surface area (Å²) in [6, 6.07) is 18.9. The normalized spacial score (nSPS) is 11.0. The summed E-state index contributed by atoms with van der Waals surface area (Å²) in [5, 5.41) is 0.874. The molecule has 0 aliphatic carbocycles. The molecule has 0 radical (unpaired) electrons. The first-order valence-corrected chi connectivity index (χ1v) is 10.3. The van der Waals surface area contributed by atoms with Gasteiger partial charge in [0.05, 0.1) is 12.3 Å².